The van der Waals surface area contributed by atoms with Crippen molar-refractivity contribution in [3.63, 3.8) is 0 Å². The molecule has 0 saturated heterocycles. The minimum atomic E-state index is -4.60. The van der Waals surface area contributed by atoms with Crippen molar-refractivity contribution in [3.8, 4) is 11.3 Å². The second-order valence-corrected chi connectivity index (χ2v) is 5.06. The normalized spacial score (nSPS) is 11.5. The number of halogens is 4. The molecule has 112 valence electrons. The molecule has 0 amide bonds. The summed E-state index contributed by atoms with van der Waals surface area (Å²) < 4.78 is 49.1. The van der Waals surface area contributed by atoms with Crippen molar-refractivity contribution >= 4 is 21.9 Å². The SMILES string of the molecule is COC(=O)c1c(-c2ccc(Br)cc2C(F)(F)F)noc1C. The zero-order valence-electron chi connectivity index (χ0n) is 10.9. The van der Waals surface area contributed by atoms with Crippen LogP contribution in [0.15, 0.2) is 27.2 Å². The minimum Gasteiger partial charge on any atom is -0.465 e. The van der Waals surface area contributed by atoms with E-state index in [2.05, 4.69) is 25.8 Å². The van der Waals surface area contributed by atoms with Crippen LogP contribution in [-0.2, 0) is 10.9 Å². The summed E-state index contributed by atoms with van der Waals surface area (Å²) in [6.45, 7) is 1.43. The Morgan fingerprint density at radius 3 is 2.62 bits per heavy atom. The van der Waals surface area contributed by atoms with Gasteiger partial charge in [-0.05, 0) is 19.1 Å². The maximum absolute atomic E-state index is 13.1. The van der Waals surface area contributed by atoms with Gasteiger partial charge in [0.15, 0.2) is 0 Å². The second kappa shape index (κ2) is 5.51. The first kappa shape index (κ1) is 15.6. The second-order valence-electron chi connectivity index (χ2n) is 4.14. The number of methoxy groups -OCH3 is 1. The van der Waals surface area contributed by atoms with Crippen LogP contribution in [0, 0.1) is 6.92 Å². The van der Waals surface area contributed by atoms with Gasteiger partial charge >= 0.3 is 12.1 Å². The number of aromatic nitrogens is 1. The third kappa shape index (κ3) is 2.94. The molecular formula is C13H9BrF3NO3. The number of carbonyl (C=O) groups excluding carboxylic acids is 1. The van der Waals surface area contributed by atoms with Gasteiger partial charge in [0.1, 0.15) is 17.0 Å². The summed E-state index contributed by atoms with van der Waals surface area (Å²) in [5.41, 5.74) is -1.48. The van der Waals surface area contributed by atoms with Crippen molar-refractivity contribution in [2.75, 3.05) is 7.11 Å². The average Bonchev–Trinajstić information content (AvgIpc) is 2.78. The quantitative estimate of drug-likeness (QED) is 0.749. The third-order valence-corrected chi connectivity index (χ3v) is 3.29. The van der Waals surface area contributed by atoms with Crippen molar-refractivity contribution in [2.24, 2.45) is 0 Å². The van der Waals surface area contributed by atoms with Gasteiger partial charge in [0.2, 0.25) is 0 Å². The first-order valence-corrected chi connectivity index (χ1v) is 6.46. The monoisotopic (exact) mass is 363 g/mol. The number of carbonyl (C=O) groups is 1. The highest BCUT2D eigenvalue weighted by Gasteiger charge is 2.36. The molecule has 0 aliphatic rings. The Bertz CT molecular complexity index is 694. The number of nitrogens with zero attached hydrogens (tertiary/aromatic N) is 1. The van der Waals surface area contributed by atoms with E-state index in [0.29, 0.717) is 0 Å². The highest BCUT2D eigenvalue weighted by molar-refractivity contribution is 9.10. The third-order valence-electron chi connectivity index (χ3n) is 2.79. The number of aryl methyl sites for hydroxylation is 1. The van der Waals surface area contributed by atoms with Crippen LogP contribution in [0.3, 0.4) is 0 Å². The van der Waals surface area contributed by atoms with Crippen LogP contribution in [0.25, 0.3) is 11.3 Å². The largest absolute Gasteiger partial charge is 0.465 e. The molecule has 0 bridgehead atoms. The lowest BCUT2D eigenvalue weighted by atomic mass is 10.0. The number of alkyl halides is 3. The number of ether oxygens (including phenoxy) is 1. The Morgan fingerprint density at radius 2 is 2.05 bits per heavy atom. The van der Waals surface area contributed by atoms with E-state index in [1.54, 1.807) is 0 Å². The van der Waals surface area contributed by atoms with Crippen LogP contribution >= 0.6 is 15.9 Å². The van der Waals surface area contributed by atoms with Gasteiger partial charge in [-0.2, -0.15) is 13.2 Å². The van der Waals surface area contributed by atoms with Crippen LogP contribution in [0.4, 0.5) is 13.2 Å². The lowest BCUT2D eigenvalue weighted by Gasteiger charge is -2.12. The molecule has 1 heterocycles. The molecule has 2 aromatic rings. The molecule has 8 heteroatoms. The molecule has 0 spiro atoms. The van der Waals surface area contributed by atoms with E-state index in [1.807, 2.05) is 0 Å². The zero-order valence-corrected chi connectivity index (χ0v) is 12.5. The van der Waals surface area contributed by atoms with E-state index >= 15 is 0 Å². The number of benzene rings is 1. The van der Waals surface area contributed by atoms with Crippen LogP contribution < -0.4 is 0 Å². The van der Waals surface area contributed by atoms with Crippen molar-refractivity contribution in [2.45, 2.75) is 13.1 Å². The van der Waals surface area contributed by atoms with Crippen molar-refractivity contribution in [3.05, 3.63) is 39.6 Å². The molecule has 0 aliphatic carbocycles. The molecule has 0 unspecified atom stereocenters. The highest BCUT2D eigenvalue weighted by Crippen LogP contribution is 2.39. The van der Waals surface area contributed by atoms with Gasteiger partial charge in [-0.25, -0.2) is 4.79 Å². The van der Waals surface area contributed by atoms with Gasteiger partial charge in [0, 0.05) is 10.0 Å². The molecule has 0 radical (unpaired) electrons. The summed E-state index contributed by atoms with van der Waals surface area (Å²) in [4.78, 5) is 11.7. The Hall–Kier alpha value is -1.83. The average molecular weight is 364 g/mol. The maximum atomic E-state index is 13.1. The first-order valence-electron chi connectivity index (χ1n) is 5.67. The van der Waals surface area contributed by atoms with Crippen LogP contribution in [-0.4, -0.2) is 18.2 Å². The van der Waals surface area contributed by atoms with E-state index < -0.39 is 17.7 Å². The van der Waals surface area contributed by atoms with E-state index in [4.69, 9.17) is 4.52 Å². The van der Waals surface area contributed by atoms with Crippen LogP contribution in [0.1, 0.15) is 21.7 Å². The molecule has 0 N–H and O–H groups in total. The summed E-state index contributed by atoms with van der Waals surface area (Å²) in [6, 6.07) is 3.56. The molecule has 2 rings (SSSR count). The number of rotatable bonds is 2. The Labute approximate surface area is 126 Å². The van der Waals surface area contributed by atoms with E-state index in [0.717, 1.165) is 13.2 Å². The van der Waals surface area contributed by atoms with Crippen molar-refractivity contribution < 1.29 is 27.2 Å². The first-order chi connectivity index (χ1) is 9.75. The zero-order chi connectivity index (χ0) is 15.8. The number of esters is 1. The Morgan fingerprint density at radius 1 is 1.38 bits per heavy atom. The molecule has 4 nitrogen and oxygen atoms in total. The van der Waals surface area contributed by atoms with E-state index in [-0.39, 0.29) is 27.1 Å². The van der Waals surface area contributed by atoms with Crippen molar-refractivity contribution in [1.29, 1.82) is 0 Å². The van der Waals surface area contributed by atoms with Gasteiger partial charge in [-0.1, -0.05) is 27.2 Å². The predicted octanol–water partition coefficient (Wildman–Crippen LogP) is 4.22. The topological polar surface area (TPSA) is 52.3 Å². The molecule has 1 aromatic heterocycles. The fraction of sp³-hybridized carbons (Fsp3) is 0.231. The Balaban J connectivity index is 2.72. The van der Waals surface area contributed by atoms with Crippen LogP contribution in [0.5, 0.6) is 0 Å². The molecule has 21 heavy (non-hydrogen) atoms. The summed E-state index contributed by atoms with van der Waals surface area (Å²) >= 11 is 2.99. The summed E-state index contributed by atoms with van der Waals surface area (Å²) in [5.74, 6) is -0.715. The van der Waals surface area contributed by atoms with E-state index in [1.165, 1.54) is 19.1 Å². The summed E-state index contributed by atoms with van der Waals surface area (Å²) in [5, 5.41) is 3.57. The predicted molar refractivity (Wildman–Crippen MR) is 70.7 cm³/mol. The highest BCUT2D eigenvalue weighted by atomic mass is 79.9. The van der Waals surface area contributed by atoms with Gasteiger partial charge in [-0.15, -0.1) is 0 Å². The standard InChI is InChI=1S/C13H9BrF3NO3/c1-6-10(12(19)20-2)11(18-21-6)8-4-3-7(14)5-9(8)13(15,16)17/h3-5H,1-2H3. The van der Waals surface area contributed by atoms with Gasteiger partial charge < -0.3 is 9.26 Å². The number of hydrogen-bond acceptors (Lipinski definition) is 4. The Kier molecular flexibility index (Phi) is 4.08. The molecule has 0 saturated carbocycles. The maximum Gasteiger partial charge on any atom is 0.417 e. The van der Waals surface area contributed by atoms with Crippen molar-refractivity contribution in [1.82, 2.24) is 5.16 Å². The smallest absolute Gasteiger partial charge is 0.417 e. The minimum absolute atomic E-state index is 0.0906. The lowest BCUT2D eigenvalue weighted by Crippen LogP contribution is -2.09. The van der Waals surface area contributed by atoms with Gasteiger partial charge in [0.05, 0.1) is 12.7 Å². The molecule has 0 atom stereocenters. The van der Waals surface area contributed by atoms with Gasteiger partial charge in [0.25, 0.3) is 0 Å². The summed E-state index contributed by atoms with van der Waals surface area (Å²) in [7, 11) is 1.13. The molecule has 0 aliphatic heterocycles. The molecular weight excluding hydrogens is 355 g/mol. The van der Waals surface area contributed by atoms with E-state index in [9.17, 15) is 18.0 Å². The fourth-order valence-electron chi connectivity index (χ4n) is 1.86. The molecule has 0 fully saturated rings. The fourth-order valence-corrected chi connectivity index (χ4v) is 2.22. The van der Waals surface area contributed by atoms with Crippen LogP contribution in [0.2, 0.25) is 0 Å². The summed E-state index contributed by atoms with van der Waals surface area (Å²) in [6.07, 6.45) is -4.60. The number of hydrogen-bond donors (Lipinski definition) is 0. The molecule has 1 aromatic carbocycles. The van der Waals surface area contributed by atoms with Gasteiger partial charge in [-0.3, -0.25) is 0 Å². The lowest BCUT2D eigenvalue weighted by molar-refractivity contribution is -0.137.